The molecule has 154 valence electrons. The Morgan fingerprint density at radius 2 is 1.40 bits per heavy atom. The van der Waals surface area contributed by atoms with E-state index in [0.717, 1.165) is 0 Å². The van der Waals surface area contributed by atoms with Gasteiger partial charge in [-0.1, -0.05) is 23.2 Å². The fraction of sp³-hybridized carbons (Fsp3) is 0.182. The molecule has 1 saturated heterocycles. The maximum absolute atomic E-state index is 13.8. The highest BCUT2D eigenvalue weighted by molar-refractivity contribution is 9.10. The molecule has 0 aliphatic carbocycles. The molecular weight excluding hydrogens is 489 g/mol. The van der Waals surface area contributed by atoms with Crippen molar-refractivity contribution < 1.29 is 9.90 Å². The van der Waals surface area contributed by atoms with Crippen LogP contribution in [0.25, 0.3) is 0 Å². The summed E-state index contributed by atoms with van der Waals surface area (Å²) in [5.74, 6) is 0. The zero-order valence-corrected chi connectivity index (χ0v) is 19.3. The molecule has 3 aromatic rings. The lowest BCUT2D eigenvalue weighted by atomic mass is 9.84. The fourth-order valence-electron chi connectivity index (χ4n) is 3.90. The number of nitrogens with zero attached hydrogens (tertiary/aromatic N) is 3. The minimum absolute atomic E-state index is 0.382. The van der Waals surface area contributed by atoms with Gasteiger partial charge in [0, 0.05) is 43.8 Å². The average Bonchev–Trinajstić information content (AvgIpc) is 2.86. The summed E-state index contributed by atoms with van der Waals surface area (Å²) in [5, 5.41) is 13.3. The van der Waals surface area contributed by atoms with Gasteiger partial charge < -0.3 is 5.11 Å². The van der Waals surface area contributed by atoms with Crippen LogP contribution in [0.1, 0.15) is 19.4 Å². The van der Waals surface area contributed by atoms with Crippen molar-refractivity contribution in [3.63, 3.8) is 0 Å². The first-order chi connectivity index (χ1) is 14.2. The number of carbonyl (C=O) groups is 1. The summed E-state index contributed by atoms with van der Waals surface area (Å²) in [7, 11) is 0. The average molecular weight is 507 g/mol. The van der Waals surface area contributed by atoms with E-state index in [0.29, 0.717) is 31.5 Å². The Balaban J connectivity index is 1.97. The second kappa shape index (κ2) is 7.54. The van der Waals surface area contributed by atoms with Gasteiger partial charge in [-0.2, -0.15) is 0 Å². The van der Waals surface area contributed by atoms with Crippen molar-refractivity contribution in [3.8, 4) is 0 Å². The van der Waals surface area contributed by atoms with Gasteiger partial charge in [0.1, 0.15) is 0 Å². The number of aliphatic hydroxyl groups is 1. The van der Waals surface area contributed by atoms with Gasteiger partial charge in [0.15, 0.2) is 5.72 Å². The summed E-state index contributed by atoms with van der Waals surface area (Å²) in [6.45, 7) is 3.63. The smallest absolute Gasteiger partial charge is 0.332 e. The molecule has 1 unspecified atom stereocenters. The van der Waals surface area contributed by atoms with E-state index in [1.807, 2.05) is 13.8 Å². The van der Waals surface area contributed by atoms with Crippen LogP contribution in [0, 0.1) is 0 Å². The largest absolute Gasteiger partial charge is 0.364 e. The van der Waals surface area contributed by atoms with Crippen molar-refractivity contribution >= 4 is 56.5 Å². The molecular formula is C22H18BrCl2N3O2. The van der Waals surface area contributed by atoms with Crippen LogP contribution in [0.2, 0.25) is 10.0 Å². The first kappa shape index (κ1) is 21.1. The van der Waals surface area contributed by atoms with Gasteiger partial charge in [-0.3, -0.25) is 14.8 Å². The number of anilines is 2. The topological polar surface area (TPSA) is 56.7 Å². The van der Waals surface area contributed by atoms with Gasteiger partial charge in [-0.05, 0) is 84.4 Å². The van der Waals surface area contributed by atoms with Gasteiger partial charge in [-0.25, -0.2) is 4.79 Å². The lowest BCUT2D eigenvalue weighted by Crippen LogP contribution is -2.56. The Morgan fingerprint density at radius 1 is 0.900 bits per heavy atom. The number of aromatic nitrogens is 1. The number of hydrogen-bond donors (Lipinski definition) is 1. The third-order valence-corrected chi connectivity index (χ3v) is 6.33. The molecule has 1 atom stereocenters. The monoisotopic (exact) mass is 505 g/mol. The number of halogens is 3. The summed E-state index contributed by atoms with van der Waals surface area (Å²) >= 11 is 15.5. The van der Waals surface area contributed by atoms with Crippen molar-refractivity contribution in [3.05, 3.63) is 87.1 Å². The highest BCUT2D eigenvalue weighted by Gasteiger charge is 2.64. The third-order valence-electron chi connectivity index (χ3n) is 5.40. The molecule has 8 heteroatoms. The number of hydrogen-bond acceptors (Lipinski definition) is 3. The zero-order chi connectivity index (χ0) is 21.7. The van der Waals surface area contributed by atoms with E-state index in [9.17, 15) is 9.90 Å². The van der Waals surface area contributed by atoms with Crippen molar-refractivity contribution in [2.45, 2.75) is 25.1 Å². The molecule has 2 heterocycles. The van der Waals surface area contributed by atoms with Crippen molar-refractivity contribution in [1.29, 1.82) is 0 Å². The maximum atomic E-state index is 13.8. The molecule has 4 rings (SSSR count). The Labute approximate surface area is 193 Å². The van der Waals surface area contributed by atoms with Gasteiger partial charge in [0.2, 0.25) is 0 Å². The number of urea groups is 1. The van der Waals surface area contributed by atoms with Crippen LogP contribution >= 0.6 is 39.1 Å². The van der Waals surface area contributed by atoms with E-state index in [2.05, 4.69) is 20.9 Å². The minimum atomic E-state index is -1.73. The predicted molar refractivity (Wildman–Crippen MR) is 123 cm³/mol. The molecule has 1 aromatic heterocycles. The summed E-state index contributed by atoms with van der Waals surface area (Å²) in [6, 6.07) is 15.1. The fourth-order valence-corrected chi connectivity index (χ4v) is 4.52. The molecule has 1 aliphatic heterocycles. The summed E-state index contributed by atoms with van der Waals surface area (Å²) in [5.41, 5.74) is -1.20. The Bertz CT molecular complexity index is 1110. The quantitative estimate of drug-likeness (QED) is 0.458. The van der Waals surface area contributed by atoms with Gasteiger partial charge in [0.25, 0.3) is 0 Å². The van der Waals surface area contributed by atoms with Crippen molar-refractivity contribution in [2.75, 3.05) is 9.80 Å². The number of benzene rings is 2. The molecule has 2 amide bonds. The van der Waals surface area contributed by atoms with Crippen molar-refractivity contribution in [1.82, 2.24) is 4.98 Å². The van der Waals surface area contributed by atoms with E-state index in [1.165, 1.54) is 4.90 Å². The van der Waals surface area contributed by atoms with Crippen molar-refractivity contribution in [2.24, 2.45) is 0 Å². The highest BCUT2D eigenvalue weighted by atomic mass is 79.9. The van der Waals surface area contributed by atoms with E-state index in [-0.39, 0.29) is 6.03 Å². The second-order valence-corrected chi connectivity index (χ2v) is 9.32. The first-order valence-electron chi connectivity index (χ1n) is 9.15. The summed E-state index contributed by atoms with van der Waals surface area (Å²) in [6.07, 6.45) is 3.19. The molecule has 1 fully saturated rings. The van der Waals surface area contributed by atoms with Crippen LogP contribution in [0.3, 0.4) is 0 Å². The van der Waals surface area contributed by atoms with Crippen LogP contribution in [-0.4, -0.2) is 21.7 Å². The Kier molecular flexibility index (Phi) is 5.31. The van der Waals surface area contributed by atoms with Gasteiger partial charge >= 0.3 is 6.03 Å². The number of carbonyl (C=O) groups excluding carboxylic acids is 1. The SMILES string of the molecule is CC1(C)N(c2ccc(Cl)cc2)C(=O)N(c2ccc(Cl)cc2)C1(O)c1cncc(Br)c1. The van der Waals surface area contributed by atoms with E-state index in [1.54, 1.807) is 71.9 Å². The Morgan fingerprint density at radius 3 is 1.90 bits per heavy atom. The highest BCUT2D eigenvalue weighted by Crippen LogP contribution is 2.50. The maximum Gasteiger partial charge on any atom is 0.332 e. The van der Waals surface area contributed by atoms with Crippen LogP contribution in [0.5, 0.6) is 0 Å². The number of amides is 2. The van der Waals surface area contributed by atoms with Gasteiger partial charge in [-0.15, -0.1) is 0 Å². The lowest BCUT2D eigenvalue weighted by molar-refractivity contribution is -0.00282. The van der Waals surface area contributed by atoms with Crippen LogP contribution in [-0.2, 0) is 5.72 Å². The summed E-state index contributed by atoms with van der Waals surface area (Å²) < 4.78 is 0.692. The molecule has 1 aliphatic rings. The predicted octanol–water partition coefficient (Wildman–Crippen LogP) is 6.22. The third kappa shape index (κ3) is 3.19. The molecule has 0 radical (unpaired) electrons. The van der Waals surface area contributed by atoms with E-state index >= 15 is 0 Å². The molecule has 5 nitrogen and oxygen atoms in total. The standard InChI is InChI=1S/C22H18BrCl2N3O2/c1-21(2)22(30,14-11-15(23)13-26-12-14)28(19-9-5-17(25)6-10-19)20(29)27(21)18-7-3-16(24)4-8-18/h3-13,30H,1-2H3. The second-order valence-electron chi connectivity index (χ2n) is 7.53. The lowest BCUT2D eigenvalue weighted by Gasteiger charge is -2.42. The van der Waals surface area contributed by atoms with Crippen LogP contribution in [0.4, 0.5) is 16.2 Å². The molecule has 2 aromatic carbocycles. The normalized spacial score (nSPS) is 20.7. The number of rotatable bonds is 3. The van der Waals surface area contributed by atoms with Gasteiger partial charge in [0.05, 0.1) is 5.54 Å². The molecule has 0 spiro atoms. The minimum Gasteiger partial charge on any atom is -0.364 e. The zero-order valence-electron chi connectivity index (χ0n) is 16.2. The van der Waals surface area contributed by atoms with E-state index < -0.39 is 11.3 Å². The van der Waals surface area contributed by atoms with E-state index in [4.69, 9.17) is 23.2 Å². The van der Waals surface area contributed by atoms with Crippen LogP contribution in [0.15, 0.2) is 71.5 Å². The first-order valence-corrected chi connectivity index (χ1v) is 10.7. The van der Waals surface area contributed by atoms with Crippen LogP contribution < -0.4 is 9.80 Å². The molecule has 0 saturated carbocycles. The summed E-state index contributed by atoms with van der Waals surface area (Å²) in [4.78, 5) is 20.9. The number of pyridine rings is 1. The molecule has 0 bridgehead atoms. The Hall–Kier alpha value is -2.12. The molecule has 30 heavy (non-hydrogen) atoms. The molecule has 1 N–H and O–H groups in total.